The number of likely N-dealkylation sites (N-methyl/N-ethyl adjacent to an activating group) is 1. The van der Waals surface area contributed by atoms with Crippen molar-refractivity contribution in [3.63, 3.8) is 0 Å². The number of aromatic nitrogens is 1. The smallest absolute Gasteiger partial charge is 0.415 e. The van der Waals surface area contributed by atoms with Crippen LogP contribution in [0, 0.1) is 57.7 Å². The Labute approximate surface area is 512 Å². The average Bonchev–Trinajstić information content (AvgIpc) is 1.87. The van der Waals surface area contributed by atoms with Crippen LogP contribution >= 0.6 is 23.1 Å². The SMILES string of the molecule is CC1=C(C)C(=O)C(C(C)(C)CC(=O)N(C)CCN(CCOCCOCCC(=O)NCCCCC(NC(=O)CC[C@@H](C)[C@H]2CC[C@H]3[C@@H]4CC[C@@H]5C[C@H](C)CC[C@]5(C)[C@H]4CC[C@]23C)C(=O)O)C(=O)Oc2ccc3nc(C4=NCCS4)sc3c2)=C(C)C1=O. The lowest BCUT2D eigenvalue weighted by Gasteiger charge is -2.61. The van der Waals surface area contributed by atoms with Crippen molar-refractivity contribution in [1.82, 2.24) is 25.4 Å². The monoisotopic (exact) mass is 1210 g/mol. The molecular weight excluding hydrogens is 1120 g/mol. The van der Waals surface area contributed by atoms with Gasteiger partial charge in [-0.05, 0) is 162 Å². The molecule has 85 heavy (non-hydrogen) atoms. The number of nitrogens with one attached hydrogen (secondary N) is 2. The second-order valence-corrected chi connectivity index (χ2v) is 29.0. The van der Waals surface area contributed by atoms with Gasteiger partial charge in [-0.25, -0.2) is 14.6 Å². The molecule has 0 saturated heterocycles. The molecule has 0 radical (unpaired) electrons. The largest absolute Gasteiger partial charge is 0.480 e. The number of fused-ring (bicyclic) bond motifs is 6. The first-order valence-electron chi connectivity index (χ1n) is 31.6. The van der Waals surface area contributed by atoms with Crippen molar-refractivity contribution in [2.75, 3.05) is 72.0 Å². The Bertz CT molecular complexity index is 2900. The molecule has 4 amide bonds. The first-order valence-corrected chi connectivity index (χ1v) is 33.4. The molecule has 6 aliphatic rings. The molecule has 8 rings (SSSR count). The van der Waals surface area contributed by atoms with Crippen molar-refractivity contribution in [2.24, 2.45) is 62.7 Å². The normalized spacial score (nSPS) is 26.5. The zero-order valence-corrected chi connectivity index (χ0v) is 54.0. The number of benzene rings is 1. The molecule has 5 aliphatic carbocycles. The highest BCUT2D eigenvalue weighted by Crippen LogP contribution is 2.68. The number of carbonyl (C=O) groups is 7. The van der Waals surface area contributed by atoms with E-state index < -0.39 is 23.5 Å². The number of ether oxygens (including phenoxy) is 3. The number of rotatable bonds is 28. The number of unbranched alkanes of at least 4 members (excludes halogenated alkanes) is 1. The zero-order chi connectivity index (χ0) is 61.4. The molecule has 0 bridgehead atoms. The molecule has 10 atom stereocenters. The third kappa shape index (κ3) is 15.7. The lowest BCUT2D eigenvalue weighted by molar-refractivity contribution is -0.142. The van der Waals surface area contributed by atoms with Gasteiger partial charge >= 0.3 is 12.1 Å². The first kappa shape index (κ1) is 66.0. The molecule has 1 aromatic heterocycles. The van der Waals surface area contributed by atoms with Crippen LogP contribution < -0.4 is 15.4 Å². The van der Waals surface area contributed by atoms with E-state index in [0.717, 1.165) is 68.6 Å². The van der Waals surface area contributed by atoms with Crippen molar-refractivity contribution < 1.29 is 52.9 Å². The van der Waals surface area contributed by atoms with Gasteiger partial charge in [0.15, 0.2) is 11.6 Å². The summed E-state index contributed by atoms with van der Waals surface area (Å²) in [5.74, 6) is 4.35. The molecular formula is C66H96N6O11S2. The summed E-state index contributed by atoms with van der Waals surface area (Å²) in [6.07, 6.45) is 14.1. The molecule has 1 aromatic carbocycles. The van der Waals surface area contributed by atoms with Crippen LogP contribution in [0.2, 0.25) is 0 Å². The quantitative estimate of drug-likeness (QED) is 0.0533. The van der Waals surface area contributed by atoms with Crippen LogP contribution in [0.4, 0.5) is 4.79 Å². The number of thiazole rings is 1. The fourth-order valence-electron chi connectivity index (χ4n) is 15.9. The van der Waals surface area contributed by atoms with Gasteiger partial charge in [0.05, 0.1) is 36.6 Å². The van der Waals surface area contributed by atoms with Gasteiger partial charge in [0.2, 0.25) is 17.7 Å². The molecule has 1 unspecified atom stereocenters. The molecule has 2 aromatic rings. The van der Waals surface area contributed by atoms with Gasteiger partial charge < -0.3 is 39.8 Å². The van der Waals surface area contributed by atoms with Crippen molar-refractivity contribution in [2.45, 2.75) is 171 Å². The van der Waals surface area contributed by atoms with Crippen molar-refractivity contribution in [3.8, 4) is 5.75 Å². The maximum Gasteiger partial charge on any atom is 0.415 e. The van der Waals surface area contributed by atoms with E-state index in [2.05, 4.69) is 43.3 Å². The van der Waals surface area contributed by atoms with Crippen LogP contribution in [0.3, 0.4) is 0 Å². The second kappa shape index (κ2) is 28.9. The Balaban J connectivity index is 0.715. The van der Waals surface area contributed by atoms with Gasteiger partial charge in [0.1, 0.15) is 21.8 Å². The number of thioether (sulfide) groups is 1. The molecule has 468 valence electrons. The van der Waals surface area contributed by atoms with Crippen LogP contribution in [0.1, 0.15) is 170 Å². The molecule has 0 spiro atoms. The van der Waals surface area contributed by atoms with E-state index in [1.807, 2.05) is 0 Å². The topological polar surface area (TPSA) is 223 Å². The number of Topliss-reactive ketones (excluding diaryl/α,β-unsaturated/α-hetero) is 2. The number of hydrogen-bond donors (Lipinski definition) is 3. The van der Waals surface area contributed by atoms with Gasteiger partial charge in [-0.1, -0.05) is 48.0 Å². The van der Waals surface area contributed by atoms with Gasteiger partial charge in [-0.15, -0.1) is 23.1 Å². The van der Waals surface area contributed by atoms with Gasteiger partial charge in [0, 0.05) is 98.6 Å². The maximum absolute atomic E-state index is 13.8. The third-order valence-electron chi connectivity index (χ3n) is 20.9. The fourth-order valence-corrected chi connectivity index (χ4v) is 17.8. The minimum Gasteiger partial charge on any atom is -0.480 e. The number of carbonyl (C=O) groups excluding carboxylic acids is 6. The van der Waals surface area contributed by atoms with Crippen molar-refractivity contribution in [1.29, 1.82) is 0 Å². The number of carboxylic acid groups (broad SMARTS) is 1. The van der Waals surface area contributed by atoms with E-state index in [4.69, 9.17) is 19.2 Å². The van der Waals surface area contributed by atoms with Crippen LogP contribution in [0.5, 0.6) is 5.75 Å². The number of hydrogen-bond acceptors (Lipinski definition) is 14. The highest BCUT2D eigenvalue weighted by atomic mass is 32.2. The number of aliphatic carboxylic acids is 1. The summed E-state index contributed by atoms with van der Waals surface area (Å²) < 4.78 is 18.3. The highest BCUT2D eigenvalue weighted by Gasteiger charge is 2.60. The summed E-state index contributed by atoms with van der Waals surface area (Å²) in [6, 6.07) is 4.30. The first-order chi connectivity index (χ1) is 40.4. The van der Waals surface area contributed by atoms with Crippen molar-refractivity contribution in [3.05, 3.63) is 45.5 Å². The standard InChI is InChI=1S/C66H96N6O11S2/c1-40-22-25-65(8)45(37-40)15-17-47-49-19-18-48(66(49,9)26-23-50(47)65)41(2)14-21-55(74)69-52(62(78)79)13-11-12-27-67-54(73)24-32-81-34-35-82-33-31-72(63(80)83-46-16-20-51-53(38-46)85-61(70-51)60-68-28-36-84-60)30-29-71(10)56(75)39-64(6,7)57-44(5)58(76)42(3)43(4)59(57)77/h16,20,38,40-41,45,47-50,52H,11-15,17-19,21-37,39H2,1-10H3,(H,67,73)(H,69,74)(H,78,79)/t40-,41-,45-,47+,48-,49+,50+,52?,65+,66-/m1/s1. The lowest BCUT2D eigenvalue weighted by atomic mass is 9.44. The zero-order valence-electron chi connectivity index (χ0n) is 52.4. The van der Waals surface area contributed by atoms with Crippen LogP contribution in [0.15, 0.2) is 45.5 Å². The summed E-state index contributed by atoms with van der Waals surface area (Å²) in [5.41, 5.74) is 2.17. The Kier molecular flexibility index (Phi) is 22.4. The molecule has 4 fully saturated rings. The maximum atomic E-state index is 13.8. The summed E-state index contributed by atoms with van der Waals surface area (Å²) in [6.45, 7) is 20.7. The van der Waals surface area contributed by atoms with E-state index in [9.17, 15) is 38.7 Å². The third-order valence-corrected chi connectivity index (χ3v) is 23.1. The van der Waals surface area contributed by atoms with Gasteiger partial charge in [-0.3, -0.25) is 29.0 Å². The number of allylic oxidation sites excluding steroid dienone is 4. The molecule has 17 nitrogen and oxygen atoms in total. The molecule has 2 heterocycles. The predicted molar refractivity (Wildman–Crippen MR) is 334 cm³/mol. The van der Waals surface area contributed by atoms with Gasteiger partial charge in [0.25, 0.3) is 0 Å². The van der Waals surface area contributed by atoms with E-state index in [1.54, 1.807) is 71.6 Å². The summed E-state index contributed by atoms with van der Waals surface area (Å²) in [5, 5.41) is 17.4. The highest BCUT2D eigenvalue weighted by molar-refractivity contribution is 8.15. The molecule has 19 heteroatoms. The molecule has 4 saturated carbocycles. The fraction of sp³-hybridized carbons (Fsp3) is 0.712. The predicted octanol–water partition coefficient (Wildman–Crippen LogP) is 11.3. The summed E-state index contributed by atoms with van der Waals surface area (Å²) in [7, 11) is 1.63. The molecule has 1 aliphatic heterocycles. The van der Waals surface area contributed by atoms with Crippen LogP contribution in [-0.2, 0) is 38.2 Å². The molecule has 3 N–H and O–H groups in total. The van der Waals surface area contributed by atoms with Crippen LogP contribution in [-0.4, -0.2) is 144 Å². The number of amides is 4. The number of nitrogens with zero attached hydrogens (tertiary/aromatic N) is 4. The van der Waals surface area contributed by atoms with E-state index in [0.29, 0.717) is 76.5 Å². The average molecular weight is 1210 g/mol. The lowest BCUT2D eigenvalue weighted by Crippen LogP contribution is -2.53. The van der Waals surface area contributed by atoms with Gasteiger partial charge in [-0.2, -0.15) is 0 Å². The summed E-state index contributed by atoms with van der Waals surface area (Å²) >= 11 is 3.15. The Morgan fingerprint density at radius 3 is 2.31 bits per heavy atom. The van der Waals surface area contributed by atoms with E-state index in [-0.39, 0.29) is 94.6 Å². The number of aliphatic imine (C=N–C) groups is 1. The van der Waals surface area contributed by atoms with Crippen molar-refractivity contribution >= 4 is 79.7 Å². The van der Waals surface area contributed by atoms with E-state index >= 15 is 0 Å². The minimum atomic E-state index is -1.05. The van der Waals surface area contributed by atoms with E-state index in [1.165, 1.54) is 78.9 Å². The summed E-state index contributed by atoms with van der Waals surface area (Å²) in [4.78, 5) is 104. The van der Waals surface area contributed by atoms with Crippen LogP contribution in [0.25, 0.3) is 10.2 Å². The second-order valence-electron chi connectivity index (χ2n) is 26.9. The number of carboxylic acids is 1. The number of ketones is 2. The Hall–Kier alpha value is -4.98. The Morgan fingerprint density at radius 2 is 1.56 bits per heavy atom. The Morgan fingerprint density at radius 1 is 0.835 bits per heavy atom. The minimum absolute atomic E-state index is 0.0325.